The smallest absolute Gasteiger partial charge is 0.343 e. The molecule has 0 radical (unpaired) electrons. The number of benzene rings is 2. The molecule has 20 heavy (non-hydrogen) atoms. The third kappa shape index (κ3) is 4.89. The highest BCUT2D eigenvalue weighted by Crippen LogP contribution is 2.08. The molecular weight excluding hydrogens is 256 g/mol. The van der Waals surface area contributed by atoms with Crippen LogP contribution in [0.1, 0.15) is 15.9 Å². The quantitative estimate of drug-likeness (QED) is 0.328. The van der Waals surface area contributed by atoms with Crippen molar-refractivity contribution in [2.45, 2.75) is 0 Å². The number of urea groups is 1. The molecule has 0 aliphatic carbocycles. The van der Waals surface area contributed by atoms with Crippen molar-refractivity contribution in [3.63, 3.8) is 0 Å². The van der Waals surface area contributed by atoms with Crippen LogP contribution in [0.5, 0.6) is 0 Å². The molecule has 0 aromatic heterocycles. The second-order valence-electron chi connectivity index (χ2n) is 3.81. The highest BCUT2D eigenvalue weighted by molar-refractivity contribution is 6.08. The molecule has 0 unspecified atom stereocenters. The van der Waals surface area contributed by atoms with Crippen molar-refractivity contribution >= 4 is 11.8 Å². The van der Waals surface area contributed by atoms with Crippen LogP contribution in [0.3, 0.4) is 0 Å². The lowest BCUT2D eigenvalue weighted by atomic mass is 10.0. The lowest BCUT2D eigenvalue weighted by molar-refractivity contribution is 0.103. The van der Waals surface area contributed by atoms with E-state index in [1.807, 2.05) is 60.7 Å². The molecule has 2 aromatic rings. The van der Waals surface area contributed by atoms with Gasteiger partial charge in [0.05, 0.1) is 0 Å². The molecule has 0 saturated heterocycles. The summed E-state index contributed by atoms with van der Waals surface area (Å²) in [4.78, 5) is 21.4. The predicted octanol–water partition coefficient (Wildman–Crippen LogP) is 1.03. The Balaban J connectivity index is 0.000000286. The van der Waals surface area contributed by atoms with E-state index in [9.17, 15) is 9.59 Å². The first-order valence-electron chi connectivity index (χ1n) is 5.76. The largest absolute Gasteiger partial charge is 0.349 e. The minimum atomic E-state index is -0.852. The number of ketones is 1. The first-order valence-corrected chi connectivity index (χ1v) is 5.76. The van der Waals surface area contributed by atoms with E-state index in [0.717, 1.165) is 11.1 Å². The van der Waals surface area contributed by atoms with Crippen molar-refractivity contribution in [1.29, 1.82) is 0 Å². The summed E-state index contributed by atoms with van der Waals surface area (Å²) in [6, 6.07) is 17.8. The molecule has 0 heterocycles. The zero-order valence-corrected chi connectivity index (χ0v) is 10.8. The summed E-state index contributed by atoms with van der Waals surface area (Å²) in [5, 5.41) is 0.306. The number of nitrogens with zero attached hydrogens (tertiary/aromatic N) is 1. The summed E-state index contributed by atoms with van der Waals surface area (Å²) in [6.45, 7) is 0. The number of primary amides is 1. The third-order valence-electron chi connectivity index (χ3n) is 2.33. The molecular formula is C14H16N4O2. The van der Waals surface area contributed by atoms with Crippen molar-refractivity contribution < 1.29 is 9.59 Å². The second kappa shape index (κ2) is 7.67. The standard InChI is InChI=1S/C13H10O.CH6N4O/c14-13(11-7-3-1-4-8-11)12-9-5-2-6-10-12;2-1(6)5(3)4/h1-10H;3-4H2,(H2,2,6). The Bertz CT molecular complexity index is 514. The van der Waals surface area contributed by atoms with Crippen LogP contribution in [0.2, 0.25) is 0 Å². The third-order valence-corrected chi connectivity index (χ3v) is 2.33. The van der Waals surface area contributed by atoms with E-state index in [-0.39, 0.29) is 5.78 Å². The van der Waals surface area contributed by atoms with Gasteiger partial charge in [-0.25, -0.2) is 16.5 Å². The lowest BCUT2D eigenvalue weighted by Crippen LogP contribution is -2.46. The van der Waals surface area contributed by atoms with Gasteiger partial charge in [-0.05, 0) is 0 Å². The van der Waals surface area contributed by atoms with E-state index >= 15 is 0 Å². The Labute approximate surface area is 116 Å². The molecule has 0 bridgehead atoms. The molecule has 0 aliphatic rings. The second-order valence-corrected chi connectivity index (χ2v) is 3.81. The zero-order chi connectivity index (χ0) is 15.0. The number of hydrazine groups is 2. The molecule has 0 spiro atoms. The van der Waals surface area contributed by atoms with E-state index in [2.05, 4.69) is 17.4 Å². The van der Waals surface area contributed by atoms with Gasteiger partial charge in [0.1, 0.15) is 0 Å². The van der Waals surface area contributed by atoms with Crippen LogP contribution in [0.25, 0.3) is 0 Å². The van der Waals surface area contributed by atoms with Gasteiger partial charge in [0.2, 0.25) is 0 Å². The van der Waals surface area contributed by atoms with E-state index < -0.39 is 6.03 Å². The van der Waals surface area contributed by atoms with Crippen LogP contribution in [-0.2, 0) is 0 Å². The molecule has 104 valence electrons. The van der Waals surface area contributed by atoms with Crippen LogP contribution in [0.4, 0.5) is 4.79 Å². The molecule has 0 fully saturated rings. The normalized spacial score (nSPS) is 9.10. The first kappa shape index (κ1) is 15.4. The minimum absolute atomic E-state index is 0.0752. The van der Waals surface area contributed by atoms with Crippen LogP contribution in [0.15, 0.2) is 60.7 Å². The number of hydrogen-bond donors (Lipinski definition) is 3. The highest BCUT2D eigenvalue weighted by Gasteiger charge is 2.06. The molecule has 2 rings (SSSR count). The topological polar surface area (TPSA) is 115 Å². The summed E-state index contributed by atoms with van der Waals surface area (Å²) in [5.74, 6) is 9.22. The minimum Gasteiger partial charge on any atom is -0.349 e. The molecule has 6 nitrogen and oxygen atoms in total. The Hall–Kier alpha value is -2.70. The van der Waals surface area contributed by atoms with Gasteiger partial charge in [-0.15, -0.1) is 0 Å². The average molecular weight is 272 g/mol. The number of nitrogens with two attached hydrogens (primary N) is 3. The predicted molar refractivity (Wildman–Crippen MR) is 76.1 cm³/mol. The maximum atomic E-state index is 11.8. The Kier molecular flexibility index (Phi) is 5.89. The fourth-order valence-electron chi connectivity index (χ4n) is 1.35. The van der Waals surface area contributed by atoms with Crippen molar-refractivity contribution in [1.82, 2.24) is 5.12 Å². The highest BCUT2D eigenvalue weighted by atomic mass is 16.2. The van der Waals surface area contributed by atoms with Crippen LogP contribution in [-0.4, -0.2) is 16.9 Å². The van der Waals surface area contributed by atoms with Gasteiger partial charge in [-0.3, -0.25) is 4.79 Å². The molecule has 6 N–H and O–H groups in total. The first-order chi connectivity index (χ1) is 9.52. The Morgan fingerprint density at radius 1 is 0.750 bits per heavy atom. The van der Waals surface area contributed by atoms with Gasteiger partial charge >= 0.3 is 6.03 Å². The van der Waals surface area contributed by atoms with Crippen molar-refractivity contribution in [2.75, 3.05) is 0 Å². The summed E-state index contributed by atoms with van der Waals surface area (Å²) in [7, 11) is 0. The fraction of sp³-hybridized carbons (Fsp3) is 0. The van der Waals surface area contributed by atoms with Crippen LogP contribution < -0.4 is 17.4 Å². The number of rotatable bonds is 2. The lowest BCUT2D eigenvalue weighted by Gasteiger charge is -2.00. The summed E-state index contributed by atoms with van der Waals surface area (Å²) >= 11 is 0. The maximum Gasteiger partial charge on any atom is 0.343 e. The van der Waals surface area contributed by atoms with Gasteiger partial charge in [-0.1, -0.05) is 60.7 Å². The molecule has 2 amide bonds. The van der Waals surface area contributed by atoms with Crippen LogP contribution >= 0.6 is 0 Å². The van der Waals surface area contributed by atoms with Crippen LogP contribution in [0, 0.1) is 0 Å². The Morgan fingerprint density at radius 3 is 1.30 bits per heavy atom. The monoisotopic (exact) mass is 272 g/mol. The molecule has 0 saturated carbocycles. The van der Waals surface area contributed by atoms with E-state index in [0.29, 0.717) is 5.12 Å². The van der Waals surface area contributed by atoms with Gasteiger partial charge in [-0.2, -0.15) is 5.12 Å². The summed E-state index contributed by atoms with van der Waals surface area (Å²) in [5.41, 5.74) is 5.94. The fourth-order valence-corrected chi connectivity index (χ4v) is 1.35. The molecule has 6 heteroatoms. The van der Waals surface area contributed by atoms with Gasteiger partial charge in [0.15, 0.2) is 5.78 Å². The zero-order valence-electron chi connectivity index (χ0n) is 10.8. The Morgan fingerprint density at radius 2 is 1.05 bits per heavy atom. The SMILES string of the molecule is NC(=O)N(N)N.O=C(c1ccccc1)c1ccccc1. The van der Waals surface area contributed by atoms with Crippen molar-refractivity contribution in [3.8, 4) is 0 Å². The van der Waals surface area contributed by atoms with Gasteiger partial charge in [0, 0.05) is 11.1 Å². The van der Waals surface area contributed by atoms with Gasteiger partial charge < -0.3 is 5.73 Å². The van der Waals surface area contributed by atoms with E-state index in [1.165, 1.54) is 0 Å². The number of carbonyl (C=O) groups is 2. The average Bonchev–Trinajstić information content (AvgIpc) is 2.49. The van der Waals surface area contributed by atoms with E-state index in [4.69, 9.17) is 0 Å². The number of hydrogen-bond acceptors (Lipinski definition) is 4. The summed E-state index contributed by atoms with van der Waals surface area (Å²) in [6.07, 6.45) is 0. The molecule has 0 atom stereocenters. The number of carbonyl (C=O) groups excluding carboxylic acids is 2. The van der Waals surface area contributed by atoms with Crippen molar-refractivity contribution in [2.24, 2.45) is 17.4 Å². The molecule has 2 aromatic carbocycles. The van der Waals surface area contributed by atoms with E-state index in [1.54, 1.807) is 0 Å². The summed E-state index contributed by atoms with van der Waals surface area (Å²) < 4.78 is 0. The van der Waals surface area contributed by atoms with Gasteiger partial charge in [0.25, 0.3) is 0 Å². The maximum absolute atomic E-state index is 11.8. The molecule has 0 aliphatic heterocycles. The number of amides is 2. The van der Waals surface area contributed by atoms with Crippen molar-refractivity contribution in [3.05, 3.63) is 71.8 Å².